The number of benzene rings is 9. The van der Waals surface area contributed by atoms with Crippen molar-refractivity contribution in [2.45, 2.75) is 0 Å². The van der Waals surface area contributed by atoms with Gasteiger partial charge in [-0.3, -0.25) is 0 Å². The van der Waals surface area contributed by atoms with Crippen molar-refractivity contribution >= 4 is 44.1 Å². The summed E-state index contributed by atoms with van der Waals surface area (Å²) in [6, 6.07) is 79.4. The van der Waals surface area contributed by atoms with E-state index in [2.05, 4.69) is 182 Å². The van der Waals surface area contributed by atoms with Gasteiger partial charge in [0.2, 0.25) is 0 Å². The highest BCUT2D eigenvalue weighted by atomic mass is 16.3. The second-order valence-corrected chi connectivity index (χ2v) is 16.9. The molecule has 0 aliphatic rings. The zero-order chi connectivity index (χ0) is 45.0. The molecule has 0 unspecified atom stereocenters. The van der Waals surface area contributed by atoms with Crippen LogP contribution in [0, 0.1) is 0 Å². The fraction of sp³-hybridized carbons (Fsp3) is 0. The van der Waals surface area contributed by atoms with Crippen LogP contribution in [0.4, 0.5) is 0 Å². The largest absolute Gasteiger partial charge is 0.452 e. The van der Waals surface area contributed by atoms with E-state index in [9.17, 15) is 0 Å². The Morgan fingerprint density at radius 2 is 0.632 bits per heavy atom. The van der Waals surface area contributed by atoms with Crippen LogP contribution in [-0.2, 0) is 0 Å². The third kappa shape index (κ3) is 6.82. The van der Waals surface area contributed by atoms with Crippen molar-refractivity contribution in [2.75, 3.05) is 0 Å². The number of para-hydroxylation sites is 2. The van der Waals surface area contributed by atoms with Crippen LogP contribution in [0.2, 0.25) is 0 Å². The maximum Gasteiger partial charge on any atom is 0.180 e. The van der Waals surface area contributed by atoms with Gasteiger partial charge in [0.15, 0.2) is 22.8 Å². The van der Waals surface area contributed by atoms with Crippen LogP contribution < -0.4 is 0 Å². The van der Waals surface area contributed by atoms with E-state index in [1.807, 2.05) is 48.5 Å². The minimum atomic E-state index is 0.615. The summed E-state index contributed by atoms with van der Waals surface area (Å²) in [5.74, 6) is 1.23. The first-order valence-corrected chi connectivity index (χ1v) is 22.7. The maximum atomic E-state index is 6.54. The molecule has 68 heavy (non-hydrogen) atoms. The van der Waals surface area contributed by atoms with Gasteiger partial charge in [0, 0.05) is 33.0 Å². The second-order valence-electron chi connectivity index (χ2n) is 16.9. The van der Waals surface area contributed by atoms with Gasteiger partial charge in [-0.25, -0.2) is 19.9 Å². The SMILES string of the molecule is c1ccc(-c2ccc(-c3nc(-c4cccc(-c5ccccc5-c5ccccc5-c5nc(-c6ccc(-c7ccccc7)cc6)c6oc7ccccc7c6n5)c4)nc4c3oc3ccccc34)cc2)cc1. The molecule has 9 aromatic carbocycles. The predicted molar refractivity (Wildman–Crippen MR) is 276 cm³/mol. The molecule has 0 saturated heterocycles. The van der Waals surface area contributed by atoms with Gasteiger partial charge < -0.3 is 8.83 Å². The molecule has 0 aliphatic carbocycles. The summed E-state index contributed by atoms with van der Waals surface area (Å²) in [5, 5.41) is 1.89. The molecule has 0 amide bonds. The molecule has 318 valence electrons. The number of aromatic nitrogens is 4. The summed E-state index contributed by atoms with van der Waals surface area (Å²) in [5.41, 5.74) is 18.3. The van der Waals surface area contributed by atoms with Gasteiger partial charge in [0.1, 0.15) is 33.6 Å². The lowest BCUT2D eigenvalue weighted by molar-refractivity contribution is 0.667. The average molecular weight is 871 g/mol. The van der Waals surface area contributed by atoms with Gasteiger partial charge in [-0.1, -0.05) is 200 Å². The summed E-state index contributed by atoms with van der Waals surface area (Å²) in [7, 11) is 0. The quantitative estimate of drug-likeness (QED) is 0.151. The Balaban J connectivity index is 0.930. The minimum Gasteiger partial charge on any atom is -0.452 e. The summed E-state index contributed by atoms with van der Waals surface area (Å²) < 4.78 is 13.0. The van der Waals surface area contributed by atoms with E-state index >= 15 is 0 Å². The molecule has 0 spiro atoms. The van der Waals surface area contributed by atoms with E-state index in [0.29, 0.717) is 22.8 Å². The normalized spacial score (nSPS) is 11.5. The van der Waals surface area contributed by atoms with Gasteiger partial charge in [-0.15, -0.1) is 0 Å². The summed E-state index contributed by atoms with van der Waals surface area (Å²) in [6.07, 6.45) is 0. The number of hydrogen-bond acceptors (Lipinski definition) is 6. The summed E-state index contributed by atoms with van der Waals surface area (Å²) in [4.78, 5) is 21.1. The number of nitrogens with zero attached hydrogens (tertiary/aromatic N) is 4. The predicted octanol–water partition coefficient (Wildman–Crippen LogP) is 16.4. The molecule has 0 bridgehead atoms. The molecule has 13 aromatic rings. The first-order valence-electron chi connectivity index (χ1n) is 22.7. The number of furan rings is 2. The molecule has 13 rings (SSSR count). The molecule has 0 N–H and O–H groups in total. The Morgan fingerprint density at radius 1 is 0.250 bits per heavy atom. The van der Waals surface area contributed by atoms with Crippen molar-refractivity contribution in [2.24, 2.45) is 0 Å². The van der Waals surface area contributed by atoms with Crippen molar-refractivity contribution in [3.8, 4) is 89.8 Å². The molecule has 4 heterocycles. The van der Waals surface area contributed by atoms with Crippen molar-refractivity contribution in [3.05, 3.63) is 231 Å². The Labute approximate surface area is 391 Å². The number of rotatable bonds is 8. The fourth-order valence-corrected chi connectivity index (χ4v) is 9.43. The molecule has 4 aromatic heterocycles. The average Bonchev–Trinajstić information content (AvgIpc) is 4.00. The first-order chi connectivity index (χ1) is 33.7. The van der Waals surface area contributed by atoms with E-state index in [1.54, 1.807) is 0 Å². The highest BCUT2D eigenvalue weighted by Gasteiger charge is 2.22. The topological polar surface area (TPSA) is 77.8 Å². The zero-order valence-corrected chi connectivity index (χ0v) is 36.5. The molecule has 0 atom stereocenters. The van der Waals surface area contributed by atoms with Crippen LogP contribution >= 0.6 is 0 Å². The van der Waals surface area contributed by atoms with Crippen molar-refractivity contribution in [1.29, 1.82) is 0 Å². The lowest BCUT2D eigenvalue weighted by Gasteiger charge is -2.15. The molecule has 6 heteroatoms. The second kappa shape index (κ2) is 16.3. The van der Waals surface area contributed by atoms with E-state index in [1.165, 1.54) is 0 Å². The molecular weight excluding hydrogens is 833 g/mol. The summed E-state index contributed by atoms with van der Waals surface area (Å²) >= 11 is 0. The zero-order valence-electron chi connectivity index (χ0n) is 36.5. The first kappa shape index (κ1) is 39.1. The number of fused-ring (bicyclic) bond motifs is 6. The van der Waals surface area contributed by atoms with E-state index in [0.717, 1.165) is 111 Å². The number of hydrogen-bond donors (Lipinski definition) is 0. The molecule has 0 fully saturated rings. The Kier molecular flexibility index (Phi) is 9.39. The van der Waals surface area contributed by atoms with Crippen LogP contribution in [-0.4, -0.2) is 19.9 Å². The standard InChI is InChI=1S/C62H38N4O2/c1-3-16-39(17-4-1)41-30-34-43(35-31-41)55-59-57(51-26-11-13-28-53(51)67-59)65-61(63-55)46-21-15-20-45(38-46)47-22-7-8-23-48(47)49-24-9-10-25-50(49)62-64-56(60-58(66-62)52-27-12-14-29-54(52)68-60)44-36-32-42(33-37-44)40-18-5-2-6-19-40/h1-38H. The lowest BCUT2D eigenvalue weighted by Crippen LogP contribution is -1.97. The lowest BCUT2D eigenvalue weighted by atomic mass is 9.91. The van der Waals surface area contributed by atoms with Gasteiger partial charge in [0.05, 0.1) is 0 Å². The molecular formula is C62H38N4O2. The third-order valence-electron chi connectivity index (χ3n) is 12.8. The Morgan fingerprint density at radius 3 is 1.19 bits per heavy atom. The van der Waals surface area contributed by atoms with Crippen molar-refractivity contribution < 1.29 is 8.83 Å². The molecule has 0 saturated carbocycles. The maximum absolute atomic E-state index is 6.54. The van der Waals surface area contributed by atoms with Crippen LogP contribution in [0.1, 0.15) is 0 Å². The van der Waals surface area contributed by atoms with Crippen LogP contribution in [0.5, 0.6) is 0 Å². The monoisotopic (exact) mass is 870 g/mol. The van der Waals surface area contributed by atoms with Crippen LogP contribution in [0.15, 0.2) is 239 Å². The minimum absolute atomic E-state index is 0.615. The van der Waals surface area contributed by atoms with Crippen molar-refractivity contribution in [1.82, 2.24) is 19.9 Å². The molecule has 0 radical (unpaired) electrons. The Bertz CT molecular complexity index is 4010. The van der Waals surface area contributed by atoms with Gasteiger partial charge in [-0.05, 0) is 74.8 Å². The Hall–Kier alpha value is -9.26. The highest BCUT2D eigenvalue weighted by molar-refractivity contribution is 6.08. The summed E-state index contributed by atoms with van der Waals surface area (Å²) in [6.45, 7) is 0. The van der Waals surface area contributed by atoms with Crippen LogP contribution in [0.25, 0.3) is 134 Å². The smallest absolute Gasteiger partial charge is 0.180 e. The van der Waals surface area contributed by atoms with Gasteiger partial charge in [-0.2, -0.15) is 0 Å². The highest BCUT2D eigenvalue weighted by Crippen LogP contribution is 2.42. The van der Waals surface area contributed by atoms with Gasteiger partial charge in [0.25, 0.3) is 0 Å². The van der Waals surface area contributed by atoms with Crippen molar-refractivity contribution in [3.63, 3.8) is 0 Å². The van der Waals surface area contributed by atoms with Crippen LogP contribution in [0.3, 0.4) is 0 Å². The molecule has 0 aliphatic heterocycles. The van der Waals surface area contributed by atoms with E-state index in [-0.39, 0.29) is 0 Å². The third-order valence-corrected chi connectivity index (χ3v) is 12.8. The van der Waals surface area contributed by atoms with Gasteiger partial charge >= 0.3 is 0 Å². The molecule has 6 nitrogen and oxygen atoms in total. The van der Waals surface area contributed by atoms with E-state index in [4.69, 9.17) is 28.8 Å². The fourth-order valence-electron chi connectivity index (χ4n) is 9.43. The van der Waals surface area contributed by atoms with E-state index < -0.39 is 0 Å².